The average Bonchev–Trinajstić information content (AvgIpc) is 3.03. The number of likely N-dealkylation sites (tertiary alicyclic amines) is 1. The van der Waals surface area contributed by atoms with Crippen LogP contribution in [0.15, 0.2) is 6.07 Å². The highest BCUT2D eigenvalue weighted by molar-refractivity contribution is 7.14. The standard InChI is InChI=1S/C15H21NO4S/c1-4-5-10-6-13(21-9(10)2)14(17)16-8-11(20-3)7-12(16)15(18)19/h6,11-12H,4-5,7-8H2,1-3H3,(H,18,19)/t11-,12+/m1/s1. The largest absolute Gasteiger partial charge is 0.480 e. The Hall–Kier alpha value is -1.40. The number of rotatable bonds is 5. The van der Waals surface area contributed by atoms with Gasteiger partial charge >= 0.3 is 5.97 Å². The lowest BCUT2D eigenvalue weighted by Gasteiger charge is -2.20. The molecule has 2 heterocycles. The molecule has 0 spiro atoms. The molecule has 1 fully saturated rings. The van der Waals surface area contributed by atoms with Gasteiger partial charge in [0.1, 0.15) is 6.04 Å². The summed E-state index contributed by atoms with van der Waals surface area (Å²) in [5.74, 6) is -1.16. The van der Waals surface area contributed by atoms with Gasteiger partial charge in [0.25, 0.3) is 5.91 Å². The van der Waals surface area contributed by atoms with Crippen molar-refractivity contribution in [1.82, 2.24) is 4.90 Å². The number of carbonyl (C=O) groups is 2. The fourth-order valence-corrected chi connectivity index (χ4v) is 3.74. The molecular weight excluding hydrogens is 290 g/mol. The zero-order valence-electron chi connectivity index (χ0n) is 12.6. The van der Waals surface area contributed by atoms with Crippen LogP contribution in [-0.4, -0.2) is 47.7 Å². The van der Waals surface area contributed by atoms with Crippen LogP contribution in [0.1, 0.15) is 39.9 Å². The van der Waals surface area contributed by atoms with Crippen molar-refractivity contribution >= 4 is 23.2 Å². The number of amides is 1. The fourth-order valence-electron chi connectivity index (χ4n) is 2.71. The number of carbonyl (C=O) groups excluding carboxylic acids is 1. The van der Waals surface area contributed by atoms with E-state index in [1.54, 1.807) is 7.11 Å². The number of methoxy groups -OCH3 is 1. The van der Waals surface area contributed by atoms with Crippen LogP contribution in [0, 0.1) is 6.92 Å². The second-order valence-corrected chi connectivity index (χ2v) is 6.60. The van der Waals surface area contributed by atoms with E-state index in [1.807, 2.05) is 13.0 Å². The van der Waals surface area contributed by atoms with E-state index in [9.17, 15) is 14.7 Å². The van der Waals surface area contributed by atoms with Crippen molar-refractivity contribution in [3.63, 3.8) is 0 Å². The number of carboxylic acids is 1. The van der Waals surface area contributed by atoms with Gasteiger partial charge < -0.3 is 14.7 Å². The highest BCUT2D eigenvalue weighted by Crippen LogP contribution is 2.28. The van der Waals surface area contributed by atoms with E-state index in [0.29, 0.717) is 17.8 Å². The maximum Gasteiger partial charge on any atom is 0.326 e. The lowest BCUT2D eigenvalue weighted by atomic mass is 10.1. The van der Waals surface area contributed by atoms with Crippen LogP contribution in [0.2, 0.25) is 0 Å². The molecule has 0 aliphatic carbocycles. The van der Waals surface area contributed by atoms with E-state index in [-0.39, 0.29) is 12.0 Å². The summed E-state index contributed by atoms with van der Waals surface area (Å²) < 4.78 is 5.22. The second-order valence-electron chi connectivity index (χ2n) is 5.35. The summed E-state index contributed by atoms with van der Waals surface area (Å²) in [5.41, 5.74) is 1.18. The summed E-state index contributed by atoms with van der Waals surface area (Å²) in [7, 11) is 1.55. The van der Waals surface area contributed by atoms with Gasteiger partial charge in [-0.3, -0.25) is 4.79 Å². The van der Waals surface area contributed by atoms with Crippen molar-refractivity contribution in [2.24, 2.45) is 0 Å². The summed E-state index contributed by atoms with van der Waals surface area (Å²) in [4.78, 5) is 27.1. The first-order chi connectivity index (χ1) is 9.97. The first-order valence-corrected chi connectivity index (χ1v) is 7.95. The van der Waals surface area contributed by atoms with Crippen molar-refractivity contribution in [3.05, 3.63) is 21.4 Å². The molecule has 1 aromatic rings. The fraction of sp³-hybridized carbons (Fsp3) is 0.600. The predicted octanol–water partition coefficient (Wildman–Crippen LogP) is 2.32. The maximum absolute atomic E-state index is 12.6. The first-order valence-electron chi connectivity index (χ1n) is 7.13. The SMILES string of the molecule is CCCc1cc(C(=O)N2C[C@H](OC)C[C@H]2C(=O)O)sc1C. The van der Waals surface area contributed by atoms with Gasteiger partial charge in [-0.2, -0.15) is 0 Å². The molecule has 5 nitrogen and oxygen atoms in total. The summed E-state index contributed by atoms with van der Waals surface area (Å²) in [6.07, 6.45) is 2.12. The van der Waals surface area contributed by atoms with Crippen LogP contribution >= 0.6 is 11.3 Å². The Labute approximate surface area is 128 Å². The molecule has 1 aliphatic rings. The Morgan fingerprint density at radius 3 is 2.81 bits per heavy atom. The van der Waals surface area contributed by atoms with E-state index < -0.39 is 12.0 Å². The monoisotopic (exact) mass is 311 g/mol. The molecule has 6 heteroatoms. The highest BCUT2D eigenvalue weighted by atomic mass is 32.1. The van der Waals surface area contributed by atoms with Crippen LogP contribution in [-0.2, 0) is 16.0 Å². The topological polar surface area (TPSA) is 66.8 Å². The molecule has 1 aliphatic heterocycles. The number of aliphatic carboxylic acids is 1. The number of aryl methyl sites for hydroxylation is 2. The number of thiophene rings is 1. The zero-order valence-corrected chi connectivity index (χ0v) is 13.4. The van der Waals surface area contributed by atoms with E-state index >= 15 is 0 Å². The molecule has 2 rings (SSSR count). The molecule has 1 saturated heterocycles. The molecule has 1 amide bonds. The van der Waals surface area contributed by atoms with Crippen LogP contribution in [0.25, 0.3) is 0 Å². The summed E-state index contributed by atoms with van der Waals surface area (Å²) in [5, 5.41) is 9.29. The van der Waals surface area contributed by atoms with Crippen molar-refractivity contribution in [3.8, 4) is 0 Å². The van der Waals surface area contributed by atoms with E-state index in [0.717, 1.165) is 17.7 Å². The molecule has 1 aromatic heterocycles. The van der Waals surface area contributed by atoms with Crippen molar-refractivity contribution in [1.29, 1.82) is 0 Å². The Morgan fingerprint density at radius 1 is 1.52 bits per heavy atom. The van der Waals surface area contributed by atoms with E-state index in [2.05, 4.69) is 6.92 Å². The van der Waals surface area contributed by atoms with Gasteiger partial charge in [0.15, 0.2) is 0 Å². The van der Waals surface area contributed by atoms with Gasteiger partial charge in [0, 0.05) is 25.0 Å². The molecule has 0 radical (unpaired) electrons. The number of carboxylic acid groups (broad SMARTS) is 1. The number of hydrogen-bond acceptors (Lipinski definition) is 4. The quantitative estimate of drug-likeness (QED) is 0.906. The van der Waals surface area contributed by atoms with Gasteiger partial charge in [-0.05, 0) is 25.0 Å². The Bertz CT molecular complexity index is 540. The van der Waals surface area contributed by atoms with Crippen molar-refractivity contribution in [2.45, 2.75) is 45.3 Å². The Kier molecular flexibility index (Phi) is 5.00. The van der Waals surface area contributed by atoms with Gasteiger partial charge in [0.05, 0.1) is 11.0 Å². The van der Waals surface area contributed by atoms with Gasteiger partial charge in [-0.25, -0.2) is 4.79 Å². The van der Waals surface area contributed by atoms with E-state index in [1.165, 1.54) is 21.8 Å². The minimum Gasteiger partial charge on any atom is -0.480 e. The zero-order chi connectivity index (χ0) is 15.6. The highest BCUT2D eigenvalue weighted by Gasteiger charge is 2.40. The summed E-state index contributed by atoms with van der Waals surface area (Å²) in [6.45, 7) is 4.44. The van der Waals surface area contributed by atoms with Gasteiger partial charge in [-0.1, -0.05) is 13.3 Å². The molecular formula is C15H21NO4S. The smallest absolute Gasteiger partial charge is 0.326 e. The number of nitrogens with zero attached hydrogens (tertiary/aromatic N) is 1. The van der Waals surface area contributed by atoms with Gasteiger partial charge in [0.2, 0.25) is 0 Å². The normalized spacial score (nSPS) is 21.8. The minimum absolute atomic E-state index is 0.197. The summed E-state index contributed by atoms with van der Waals surface area (Å²) >= 11 is 1.45. The van der Waals surface area contributed by atoms with Crippen molar-refractivity contribution in [2.75, 3.05) is 13.7 Å². The molecule has 0 unspecified atom stereocenters. The first kappa shape index (κ1) is 16.0. The number of hydrogen-bond donors (Lipinski definition) is 1. The molecule has 2 atom stereocenters. The molecule has 0 bridgehead atoms. The van der Waals surface area contributed by atoms with Crippen LogP contribution in [0.5, 0.6) is 0 Å². The maximum atomic E-state index is 12.6. The molecule has 0 saturated carbocycles. The third kappa shape index (κ3) is 3.27. The molecule has 1 N–H and O–H groups in total. The van der Waals surface area contributed by atoms with Crippen molar-refractivity contribution < 1.29 is 19.4 Å². The lowest BCUT2D eigenvalue weighted by molar-refractivity contribution is -0.141. The molecule has 116 valence electrons. The molecule has 21 heavy (non-hydrogen) atoms. The Balaban J connectivity index is 2.21. The summed E-state index contributed by atoms with van der Waals surface area (Å²) in [6, 6.07) is 1.12. The van der Waals surface area contributed by atoms with E-state index in [4.69, 9.17) is 4.74 Å². The van der Waals surface area contributed by atoms with Crippen LogP contribution in [0.4, 0.5) is 0 Å². The minimum atomic E-state index is -0.968. The van der Waals surface area contributed by atoms with Crippen LogP contribution < -0.4 is 0 Å². The third-order valence-electron chi connectivity index (χ3n) is 3.89. The average molecular weight is 311 g/mol. The molecule has 0 aromatic carbocycles. The number of ether oxygens (including phenoxy) is 1. The predicted molar refractivity (Wildman–Crippen MR) is 80.9 cm³/mol. The Morgan fingerprint density at radius 2 is 2.24 bits per heavy atom. The lowest BCUT2D eigenvalue weighted by Crippen LogP contribution is -2.40. The second kappa shape index (κ2) is 6.58. The van der Waals surface area contributed by atoms with Gasteiger partial charge in [-0.15, -0.1) is 11.3 Å². The third-order valence-corrected chi connectivity index (χ3v) is 4.97. The van der Waals surface area contributed by atoms with Crippen LogP contribution in [0.3, 0.4) is 0 Å².